The highest BCUT2D eigenvalue weighted by Crippen LogP contribution is 2.32. The van der Waals surface area contributed by atoms with Gasteiger partial charge in [-0.25, -0.2) is 9.97 Å². The van der Waals surface area contributed by atoms with E-state index in [0.717, 1.165) is 41.6 Å². The van der Waals surface area contributed by atoms with Crippen molar-refractivity contribution in [2.45, 2.75) is 26.7 Å². The van der Waals surface area contributed by atoms with Gasteiger partial charge in [0.05, 0.1) is 15.7 Å². The maximum absolute atomic E-state index is 6.22. The van der Waals surface area contributed by atoms with Crippen LogP contribution < -0.4 is 10.6 Å². The minimum atomic E-state index is 0.486. The van der Waals surface area contributed by atoms with Gasteiger partial charge in [0.2, 0.25) is 0 Å². The molecule has 0 amide bonds. The molecule has 112 valence electrons. The van der Waals surface area contributed by atoms with Crippen molar-refractivity contribution in [3.8, 4) is 0 Å². The molecule has 0 atom stereocenters. The largest absolute Gasteiger partial charge is 0.373 e. The highest BCUT2D eigenvalue weighted by molar-refractivity contribution is 6.43. The predicted molar refractivity (Wildman–Crippen MR) is 90.1 cm³/mol. The zero-order valence-electron chi connectivity index (χ0n) is 12.3. The molecule has 0 aliphatic heterocycles. The fourth-order valence-electron chi connectivity index (χ4n) is 1.99. The molecule has 2 rings (SSSR count). The molecule has 0 unspecified atom stereocenters. The molecule has 0 aliphatic rings. The summed E-state index contributed by atoms with van der Waals surface area (Å²) in [7, 11) is 1.85. The van der Waals surface area contributed by atoms with Crippen molar-refractivity contribution in [3.05, 3.63) is 39.6 Å². The number of nitrogens with one attached hydrogen (secondary N) is 2. The van der Waals surface area contributed by atoms with Gasteiger partial charge in [0.1, 0.15) is 17.5 Å². The van der Waals surface area contributed by atoms with Crippen LogP contribution >= 0.6 is 23.2 Å². The Morgan fingerprint density at radius 1 is 1.14 bits per heavy atom. The molecule has 0 saturated heterocycles. The molecule has 0 spiro atoms. The summed E-state index contributed by atoms with van der Waals surface area (Å²) in [5.74, 6) is 2.35. The molecule has 2 N–H and O–H groups in total. The average molecular weight is 325 g/mol. The molecule has 1 heterocycles. The van der Waals surface area contributed by atoms with E-state index in [1.54, 1.807) is 6.07 Å². The van der Waals surface area contributed by atoms with Gasteiger partial charge < -0.3 is 10.6 Å². The third kappa shape index (κ3) is 3.57. The summed E-state index contributed by atoms with van der Waals surface area (Å²) in [6.07, 6.45) is 1.82. The predicted octanol–water partition coefficient (Wildman–Crippen LogP) is 4.83. The van der Waals surface area contributed by atoms with Gasteiger partial charge in [0, 0.05) is 19.0 Å². The summed E-state index contributed by atoms with van der Waals surface area (Å²) < 4.78 is 0. The normalized spacial score (nSPS) is 10.5. The minimum Gasteiger partial charge on any atom is -0.373 e. The molecular formula is C15H18Cl2N4. The van der Waals surface area contributed by atoms with Gasteiger partial charge >= 0.3 is 0 Å². The molecule has 1 aromatic heterocycles. The molecule has 2 aromatic rings. The van der Waals surface area contributed by atoms with Crippen LogP contribution in [0.25, 0.3) is 0 Å². The minimum absolute atomic E-state index is 0.486. The summed E-state index contributed by atoms with van der Waals surface area (Å²) >= 11 is 12.3. The van der Waals surface area contributed by atoms with E-state index in [1.165, 1.54) is 0 Å². The number of hydrogen-bond acceptors (Lipinski definition) is 4. The van der Waals surface area contributed by atoms with Crippen molar-refractivity contribution in [3.63, 3.8) is 0 Å². The van der Waals surface area contributed by atoms with Gasteiger partial charge in [0.15, 0.2) is 0 Å². The Kier molecular flexibility index (Phi) is 5.26. The Hall–Kier alpha value is -1.52. The SMILES string of the molecule is CCCc1nc(NC)c(C)c(Nc2cccc(Cl)c2Cl)n1. The number of nitrogens with zero attached hydrogens (tertiary/aromatic N) is 2. The molecule has 4 nitrogen and oxygen atoms in total. The van der Waals surface area contributed by atoms with Crippen molar-refractivity contribution in [1.82, 2.24) is 9.97 Å². The van der Waals surface area contributed by atoms with Crippen LogP contribution in [0.1, 0.15) is 24.7 Å². The Bertz CT molecular complexity index is 644. The van der Waals surface area contributed by atoms with E-state index in [1.807, 2.05) is 26.1 Å². The smallest absolute Gasteiger partial charge is 0.139 e. The van der Waals surface area contributed by atoms with E-state index in [9.17, 15) is 0 Å². The quantitative estimate of drug-likeness (QED) is 0.827. The number of halogens is 2. The zero-order valence-corrected chi connectivity index (χ0v) is 13.8. The Morgan fingerprint density at radius 3 is 2.52 bits per heavy atom. The second kappa shape index (κ2) is 6.96. The van der Waals surface area contributed by atoms with Crippen LogP contribution in [0.15, 0.2) is 18.2 Å². The number of anilines is 3. The number of rotatable bonds is 5. The molecule has 6 heteroatoms. The van der Waals surface area contributed by atoms with E-state index < -0.39 is 0 Å². The summed E-state index contributed by atoms with van der Waals surface area (Å²) in [6.45, 7) is 4.06. The van der Waals surface area contributed by atoms with E-state index in [2.05, 4.69) is 27.5 Å². The number of aromatic nitrogens is 2. The third-order valence-corrected chi connectivity index (χ3v) is 3.93. The van der Waals surface area contributed by atoms with Gasteiger partial charge in [0.25, 0.3) is 0 Å². The molecule has 0 saturated carbocycles. The van der Waals surface area contributed by atoms with Crippen molar-refractivity contribution in [1.29, 1.82) is 0 Å². The maximum Gasteiger partial charge on any atom is 0.139 e. The van der Waals surface area contributed by atoms with Crippen molar-refractivity contribution in [2.24, 2.45) is 0 Å². The fourth-order valence-corrected chi connectivity index (χ4v) is 2.34. The second-order valence-electron chi connectivity index (χ2n) is 4.69. The number of hydrogen-bond donors (Lipinski definition) is 2. The van der Waals surface area contributed by atoms with Crippen molar-refractivity contribution >= 4 is 40.5 Å². The van der Waals surface area contributed by atoms with Gasteiger partial charge in [-0.15, -0.1) is 0 Å². The number of benzene rings is 1. The van der Waals surface area contributed by atoms with Crippen LogP contribution in [-0.4, -0.2) is 17.0 Å². The van der Waals surface area contributed by atoms with Crippen LogP contribution in [-0.2, 0) is 6.42 Å². The molecule has 21 heavy (non-hydrogen) atoms. The first-order valence-corrected chi connectivity index (χ1v) is 7.58. The summed E-state index contributed by atoms with van der Waals surface area (Å²) in [5, 5.41) is 7.34. The number of aryl methyl sites for hydroxylation is 1. The first-order chi connectivity index (χ1) is 10.1. The van der Waals surface area contributed by atoms with E-state index >= 15 is 0 Å². The lowest BCUT2D eigenvalue weighted by Gasteiger charge is -2.14. The van der Waals surface area contributed by atoms with Crippen LogP contribution in [0, 0.1) is 6.92 Å². The molecule has 0 bridgehead atoms. The average Bonchev–Trinajstić information content (AvgIpc) is 2.47. The van der Waals surface area contributed by atoms with Crippen LogP contribution in [0.4, 0.5) is 17.3 Å². The molecular weight excluding hydrogens is 307 g/mol. The van der Waals surface area contributed by atoms with Gasteiger partial charge in [-0.1, -0.05) is 36.2 Å². The van der Waals surface area contributed by atoms with Gasteiger partial charge in [-0.05, 0) is 25.5 Å². The Morgan fingerprint density at radius 2 is 1.86 bits per heavy atom. The van der Waals surface area contributed by atoms with Crippen molar-refractivity contribution in [2.75, 3.05) is 17.7 Å². The lowest BCUT2D eigenvalue weighted by molar-refractivity contribution is 0.835. The van der Waals surface area contributed by atoms with Crippen molar-refractivity contribution < 1.29 is 0 Å². The third-order valence-electron chi connectivity index (χ3n) is 3.11. The highest BCUT2D eigenvalue weighted by atomic mass is 35.5. The molecule has 0 aliphatic carbocycles. The highest BCUT2D eigenvalue weighted by Gasteiger charge is 2.12. The van der Waals surface area contributed by atoms with Gasteiger partial charge in [-0.3, -0.25) is 0 Å². The Labute approximate surface area is 134 Å². The fraction of sp³-hybridized carbons (Fsp3) is 0.333. The molecule has 0 fully saturated rings. The lowest BCUT2D eigenvalue weighted by atomic mass is 10.2. The van der Waals surface area contributed by atoms with E-state index in [4.69, 9.17) is 23.2 Å². The maximum atomic E-state index is 6.22. The summed E-state index contributed by atoms with van der Waals surface area (Å²) in [4.78, 5) is 9.07. The van der Waals surface area contributed by atoms with Crippen LogP contribution in [0.2, 0.25) is 10.0 Å². The van der Waals surface area contributed by atoms with E-state index in [-0.39, 0.29) is 0 Å². The molecule has 0 radical (unpaired) electrons. The first-order valence-electron chi connectivity index (χ1n) is 6.83. The molecule has 1 aromatic carbocycles. The van der Waals surface area contributed by atoms with Crippen LogP contribution in [0.3, 0.4) is 0 Å². The summed E-state index contributed by atoms with van der Waals surface area (Å²) in [5.41, 5.74) is 1.67. The first kappa shape index (κ1) is 15.9. The Balaban J connectivity index is 2.42. The second-order valence-corrected chi connectivity index (χ2v) is 5.47. The lowest BCUT2D eigenvalue weighted by Crippen LogP contribution is -2.07. The zero-order chi connectivity index (χ0) is 15.4. The van der Waals surface area contributed by atoms with Gasteiger partial charge in [-0.2, -0.15) is 0 Å². The van der Waals surface area contributed by atoms with Crippen LogP contribution in [0.5, 0.6) is 0 Å². The topological polar surface area (TPSA) is 49.8 Å². The monoisotopic (exact) mass is 324 g/mol. The van der Waals surface area contributed by atoms with E-state index in [0.29, 0.717) is 10.0 Å². The standard InChI is InChI=1S/C15H18Cl2N4/c1-4-6-12-20-14(18-3)9(2)15(21-12)19-11-8-5-7-10(16)13(11)17/h5,7-8H,4,6H2,1-3H3,(H2,18,19,20,21). The summed E-state index contributed by atoms with van der Waals surface area (Å²) in [6, 6.07) is 5.47.